The fourth-order valence-corrected chi connectivity index (χ4v) is 5.73. The van der Waals surface area contributed by atoms with Crippen LogP contribution in [0.2, 0.25) is 0 Å². The first kappa shape index (κ1) is 20.9. The maximum atomic E-state index is 12.8. The number of piperidine rings is 1. The van der Waals surface area contributed by atoms with Gasteiger partial charge in [0.05, 0.1) is 23.9 Å². The van der Waals surface area contributed by atoms with Crippen molar-refractivity contribution in [3.63, 3.8) is 0 Å². The fraction of sp³-hybridized carbons (Fsp3) is 0.375. The number of rotatable bonds is 5. The van der Waals surface area contributed by atoms with Crippen molar-refractivity contribution in [1.82, 2.24) is 15.2 Å². The molecule has 1 fully saturated rings. The number of likely N-dealkylation sites (tertiary alicyclic amines) is 1. The van der Waals surface area contributed by atoms with Crippen LogP contribution in [0.5, 0.6) is 0 Å². The molecule has 1 aliphatic heterocycles. The third-order valence-electron chi connectivity index (χ3n) is 6.65. The molecule has 2 amide bonds. The highest BCUT2D eigenvalue weighted by Gasteiger charge is 2.54. The molecule has 1 aromatic carbocycles. The van der Waals surface area contributed by atoms with E-state index in [9.17, 15) is 9.59 Å². The molecule has 8 heteroatoms. The zero-order chi connectivity index (χ0) is 22.1. The minimum Gasteiger partial charge on any atom is -0.459 e. The van der Waals surface area contributed by atoms with Crippen molar-refractivity contribution in [2.75, 3.05) is 19.7 Å². The van der Waals surface area contributed by atoms with Gasteiger partial charge in [0, 0.05) is 30.5 Å². The Labute approximate surface area is 190 Å². The molecular weight excluding hydrogens is 426 g/mol. The van der Waals surface area contributed by atoms with Crippen LogP contribution in [0.4, 0.5) is 0 Å². The zero-order valence-electron chi connectivity index (χ0n) is 17.8. The quantitative estimate of drug-likeness (QED) is 0.638. The first-order valence-electron chi connectivity index (χ1n) is 10.9. The predicted octanol–water partition coefficient (Wildman–Crippen LogP) is 3.80. The van der Waals surface area contributed by atoms with Gasteiger partial charge in [0.25, 0.3) is 11.8 Å². The summed E-state index contributed by atoms with van der Waals surface area (Å²) in [7, 11) is 0. The Hall–Kier alpha value is -2.97. The van der Waals surface area contributed by atoms with Crippen molar-refractivity contribution in [2.24, 2.45) is 0 Å². The molecule has 3 heterocycles. The molecular formula is C24H25N3O4S. The van der Waals surface area contributed by atoms with Crippen molar-refractivity contribution in [1.29, 1.82) is 0 Å². The number of nitrogens with one attached hydrogen (secondary N) is 1. The van der Waals surface area contributed by atoms with Gasteiger partial charge in [0.2, 0.25) is 0 Å². The number of benzene rings is 1. The van der Waals surface area contributed by atoms with E-state index in [0.29, 0.717) is 25.4 Å². The van der Waals surface area contributed by atoms with E-state index in [1.165, 1.54) is 23.2 Å². The molecule has 32 heavy (non-hydrogen) atoms. The smallest absolute Gasteiger partial charge is 0.287 e. The standard InChI is InChI=1S/C24H25N3O4S/c1-2-30-21-20(26-22(28)19-8-5-13-31-19)16-6-3-4-7-17(16)24(21)9-11-27(12-10-24)23(29)18-14-32-15-25-18/h3-8,13-15,20-21H,2,9-12H2,1H3,(H,26,28)/t20-,21+/m0/s1. The van der Waals surface area contributed by atoms with Crippen LogP contribution in [0.25, 0.3) is 0 Å². The Bertz CT molecular complexity index is 1090. The number of hydrogen-bond donors (Lipinski definition) is 1. The van der Waals surface area contributed by atoms with Crippen molar-refractivity contribution < 1.29 is 18.7 Å². The number of amides is 2. The van der Waals surface area contributed by atoms with E-state index in [0.717, 1.165) is 18.4 Å². The lowest BCUT2D eigenvalue weighted by atomic mass is 9.71. The normalized spacial score (nSPS) is 21.5. The first-order valence-corrected chi connectivity index (χ1v) is 11.8. The highest BCUT2D eigenvalue weighted by atomic mass is 32.1. The number of aromatic nitrogens is 1. The number of carbonyl (C=O) groups is 2. The van der Waals surface area contributed by atoms with Gasteiger partial charge < -0.3 is 19.4 Å². The van der Waals surface area contributed by atoms with E-state index >= 15 is 0 Å². The third kappa shape index (κ3) is 3.43. The minimum atomic E-state index is -0.287. The Morgan fingerprint density at radius 2 is 2.06 bits per heavy atom. The molecule has 2 aliphatic rings. The van der Waals surface area contributed by atoms with Crippen LogP contribution >= 0.6 is 11.3 Å². The second-order valence-corrected chi connectivity index (χ2v) is 8.93. The number of nitrogens with zero attached hydrogens (tertiary/aromatic N) is 2. The van der Waals surface area contributed by atoms with E-state index in [4.69, 9.17) is 9.15 Å². The summed E-state index contributed by atoms with van der Waals surface area (Å²) < 4.78 is 11.6. The number of hydrogen-bond acceptors (Lipinski definition) is 6. The molecule has 1 N–H and O–H groups in total. The summed E-state index contributed by atoms with van der Waals surface area (Å²) in [5.41, 5.74) is 4.19. The molecule has 0 radical (unpaired) electrons. The Morgan fingerprint density at radius 1 is 1.25 bits per heavy atom. The first-order chi connectivity index (χ1) is 15.6. The lowest BCUT2D eigenvalue weighted by molar-refractivity contribution is -0.0307. The van der Waals surface area contributed by atoms with Crippen LogP contribution in [0.1, 0.15) is 58.0 Å². The Kier molecular flexibility index (Phi) is 5.57. The second-order valence-electron chi connectivity index (χ2n) is 8.21. The van der Waals surface area contributed by atoms with Crippen molar-refractivity contribution in [3.05, 3.63) is 76.1 Å². The summed E-state index contributed by atoms with van der Waals surface area (Å²) in [5.74, 6) is -0.00178. The molecule has 5 rings (SSSR count). The molecule has 1 spiro atoms. The Morgan fingerprint density at radius 3 is 2.75 bits per heavy atom. The van der Waals surface area contributed by atoms with E-state index in [1.807, 2.05) is 24.0 Å². The molecule has 2 aromatic heterocycles. The number of ether oxygens (including phenoxy) is 1. The van der Waals surface area contributed by atoms with E-state index < -0.39 is 0 Å². The van der Waals surface area contributed by atoms with Crippen LogP contribution in [0, 0.1) is 0 Å². The molecule has 166 valence electrons. The molecule has 0 unspecified atom stereocenters. The van der Waals surface area contributed by atoms with Crippen LogP contribution in [0.3, 0.4) is 0 Å². The molecule has 1 saturated heterocycles. The molecule has 7 nitrogen and oxygen atoms in total. The van der Waals surface area contributed by atoms with E-state index in [-0.39, 0.29) is 35.1 Å². The van der Waals surface area contributed by atoms with Crippen LogP contribution in [0.15, 0.2) is 58.0 Å². The van der Waals surface area contributed by atoms with Gasteiger partial charge in [-0.25, -0.2) is 4.98 Å². The summed E-state index contributed by atoms with van der Waals surface area (Å²) in [6.07, 6.45) is 2.80. The predicted molar refractivity (Wildman–Crippen MR) is 120 cm³/mol. The lowest BCUT2D eigenvalue weighted by Gasteiger charge is -2.44. The summed E-state index contributed by atoms with van der Waals surface area (Å²) in [6, 6.07) is 11.3. The summed E-state index contributed by atoms with van der Waals surface area (Å²) in [4.78, 5) is 31.7. The maximum Gasteiger partial charge on any atom is 0.287 e. The number of furan rings is 1. The summed E-state index contributed by atoms with van der Waals surface area (Å²) >= 11 is 1.43. The van der Waals surface area contributed by atoms with E-state index in [1.54, 1.807) is 23.0 Å². The SMILES string of the molecule is CCO[C@@H]1[C@@H](NC(=O)c2ccco2)c2ccccc2C12CCN(C(=O)c1cscn1)CC2. The Balaban J connectivity index is 1.44. The fourth-order valence-electron chi connectivity index (χ4n) is 5.21. The summed E-state index contributed by atoms with van der Waals surface area (Å²) in [6.45, 7) is 3.75. The molecule has 1 aliphatic carbocycles. The molecule has 2 atom stereocenters. The van der Waals surface area contributed by atoms with Crippen LogP contribution in [-0.4, -0.2) is 47.5 Å². The van der Waals surface area contributed by atoms with Crippen LogP contribution in [-0.2, 0) is 10.2 Å². The molecule has 0 bridgehead atoms. The van der Waals surface area contributed by atoms with Gasteiger partial charge in [-0.3, -0.25) is 9.59 Å². The molecule has 3 aromatic rings. The van der Waals surface area contributed by atoms with Crippen molar-refractivity contribution in [2.45, 2.75) is 37.3 Å². The average Bonchev–Trinajstić information content (AvgIpc) is 3.58. The number of fused-ring (bicyclic) bond motifs is 2. The average molecular weight is 452 g/mol. The lowest BCUT2D eigenvalue weighted by Crippen LogP contribution is -2.52. The van der Waals surface area contributed by atoms with Gasteiger partial charge in [-0.05, 0) is 43.0 Å². The maximum absolute atomic E-state index is 12.8. The second kappa shape index (κ2) is 8.52. The topological polar surface area (TPSA) is 84.7 Å². The monoisotopic (exact) mass is 451 g/mol. The van der Waals surface area contributed by atoms with Gasteiger partial charge in [-0.2, -0.15) is 0 Å². The third-order valence-corrected chi connectivity index (χ3v) is 7.24. The summed E-state index contributed by atoms with van der Waals surface area (Å²) in [5, 5.41) is 4.95. The van der Waals surface area contributed by atoms with Crippen molar-refractivity contribution in [3.8, 4) is 0 Å². The van der Waals surface area contributed by atoms with Gasteiger partial charge in [0.1, 0.15) is 5.69 Å². The van der Waals surface area contributed by atoms with Crippen LogP contribution < -0.4 is 5.32 Å². The number of carbonyl (C=O) groups excluding carboxylic acids is 2. The van der Waals surface area contributed by atoms with Crippen molar-refractivity contribution >= 4 is 23.2 Å². The molecule has 0 saturated carbocycles. The highest BCUT2D eigenvalue weighted by molar-refractivity contribution is 7.07. The minimum absolute atomic E-state index is 0.0250. The highest BCUT2D eigenvalue weighted by Crippen LogP contribution is 2.52. The van der Waals surface area contributed by atoms with Gasteiger partial charge in [-0.1, -0.05) is 24.3 Å². The van der Waals surface area contributed by atoms with Gasteiger partial charge >= 0.3 is 0 Å². The van der Waals surface area contributed by atoms with E-state index in [2.05, 4.69) is 22.4 Å². The zero-order valence-corrected chi connectivity index (χ0v) is 18.6. The van der Waals surface area contributed by atoms with Gasteiger partial charge in [0.15, 0.2) is 5.76 Å². The largest absolute Gasteiger partial charge is 0.459 e. The number of thiazole rings is 1. The van der Waals surface area contributed by atoms with Gasteiger partial charge in [-0.15, -0.1) is 11.3 Å².